The molecule has 0 atom stereocenters. The first kappa shape index (κ1) is 13.0. The van der Waals surface area contributed by atoms with Gasteiger partial charge in [0.25, 0.3) is 0 Å². The van der Waals surface area contributed by atoms with E-state index in [1.807, 2.05) is 29.1 Å². The number of rotatable bonds is 6. The molecule has 0 amide bonds. The molecule has 3 rings (SSSR count). The Bertz CT molecular complexity index is 631. The van der Waals surface area contributed by atoms with E-state index in [4.69, 9.17) is 0 Å². The topological polar surface area (TPSA) is 42.7 Å². The molecule has 0 spiro atoms. The van der Waals surface area contributed by atoms with Crippen molar-refractivity contribution in [2.45, 2.75) is 19.6 Å². The van der Waals surface area contributed by atoms with E-state index in [0.717, 1.165) is 25.3 Å². The van der Waals surface area contributed by atoms with E-state index in [0.29, 0.717) is 0 Å². The quantitative estimate of drug-likeness (QED) is 0.757. The number of hydrogen-bond acceptors (Lipinski definition) is 4. The fourth-order valence-electron chi connectivity index (χ4n) is 1.99. The lowest BCUT2D eigenvalue weighted by atomic mass is 10.2. The third-order valence-electron chi connectivity index (χ3n) is 2.96. The summed E-state index contributed by atoms with van der Waals surface area (Å²) in [6.07, 6.45) is 1.99. The van der Waals surface area contributed by atoms with Gasteiger partial charge in [0, 0.05) is 18.0 Å². The molecule has 0 fully saturated rings. The van der Waals surface area contributed by atoms with Crippen LogP contribution in [-0.2, 0) is 19.6 Å². The van der Waals surface area contributed by atoms with Crippen LogP contribution in [0.3, 0.4) is 0 Å². The molecule has 5 heteroatoms. The van der Waals surface area contributed by atoms with Crippen molar-refractivity contribution < 1.29 is 0 Å². The summed E-state index contributed by atoms with van der Waals surface area (Å²) in [5, 5.41) is 13.8. The van der Waals surface area contributed by atoms with Gasteiger partial charge in [0.1, 0.15) is 0 Å². The number of thiophene rings is 1. The van der Waals surface area contributed by atoms with Gasteiger partial charge in [-0.05, 0) is 17.0 Å². The minimum absolute atomic E-state index is 0.743. The van der Waals surface area contributed by atoms with Crippen LogP contribution in [0.25, 0.3) is 0 Å². The summed E-state index contributed by atoms with van der Waals surface area (Å²) in [6.45, 7) is 2.38. The van der Waals surface area contributed by atoms with Crippen LogP contribution in [0.1, 0.15) is 16.1 Å². The van der Waals surface area contributed by atoms with Crippen molar-refractivity contribution >= 4 is 11.3 Å². The minimum Gasteiger partial charge on any atom is -0.306 e. The molecule has 0 saturated heterocycles. The number of benzene rings is 1. The molecule has 4 nitrogen and oxygen atoms in total. The second-order valence-electron chi connectivity index (χ2n) is 4.58. The summed E-state index contributed by atoms with van der Waals surface area (Å²) in [5.74, 6) is 0. The summed E-state index contributed by atoms with van der Waals surface area (Å²) in [4.78, 5) is 1.33. The van der Waals surface area contributed by atoms with Crippen LogP contribution in [-0.4, -0.2) is 15.0 Å². The molecule has 2 heterocycles. The highest BCUT2D eigenvalue weighted by molar-refractivity contribution is 7.09. The van der Waals surface area contributed by atoms with Crippen molar-refractivity contribution in [3.63, 3.8) is 0 Å². The van der Waals surface area contributed by atoms with Crippen molar-refractivity contribution in [3.05, 3.63) is 70.2 Å². The standard InChI is InChI=1S/C15H16N4S/c1-2-5-13(6-3-1)11-19-12-14(17-18-19)9-16-10-15-7-4-8-20-15/h1-8,12,16H,9-11H2. The Morgan fingerprint density at radius 2 is 1.95 bits per heavy atom. The lowest BCUT2D eigenvalue weighted by molar-refractivity contribution is 0.647. The Labute approximate surface area is 122 Å². The lowest BCUT2D eigenvalue weighted by Crippen LogP contribution is -2.11. The third kappa shape index (κ3) is 3.53. The Kier molecular flexibility index (Phi) is 4.20. The molecule has 102 valence electrons. The largest absolute Gasteiger partial charge is 0.306 e. The summed E-state index contributed by atoms with van der Waals surface area (Å²) in [6, 6.07) is 14.5. The van der Waals surface area contributed by atoms with Gasteiger partial charge in [0.05, 0.1) is 18.4 Å². The molecule has 1 N–H and O–H groups in total. The van der Waals surface area contributed by atoms with E-state index in [1.165, 1.54) is 10.4 Å². The average Bonchev–Trinajstić information content (AvgIpc) is 3.12. The van der Waals surface area contributed by atoms with Crippen LogP contribution in [0.2, 0.25) is 0 Å². The maximum Gasteiger partial charge on any atom is 0.0965 e. The van der Waals surface area contributed by atoms with Gasteiger partial charge < -0.3 is 5.32 Å². The van der Waals surface area contributed by atoms with Crippen LogP contribution in [0, 0.1) is 0 Å². The van der Waals surface area contributed by atoms with Crippen LogP contribution in [0.4, 0.5) is 0 Å². The smallest absolute Gasteiger partial charge is 0.0965 e. The fraction of sp³-hybridized carbons (Fsp3) is 0.200. The molecule has 0 unspecified atom stereocenters. The highest BCUT2D eigenvalue weighted by Gasteiger charge is 2.01. The highest BCUT2D eigenvalue weighted by Crippen LogP contribution is 2.08. The summed E-state index contributed by atoms with van der Waals surface area (Å²) in [5.41, 5.74) is 2.20. The van der Waals surface area contributed by atoms with Gasteiger partial charge in [0.2, 0.25) is 0 Å². The predicted molar refractivity (Wildman–Crippen MR) is 80.4 cm³/mol. The van der Waals surface area contributed by atoms with E-state index < -0.39 is 0 Å². The molecule has 0 aliphatic rings. The zero-order chi connectivity index (χ0) is 13.6. The third-order valence-corrected chi connectivity index (χ3v) is 3.84. The monoisotopic (exact) mass is 284 g/mol. The number of aromatic nitrogens is 3. The molecule has 0 aliphatic heterocycles. The highest BCUT2D eigenvalue weighted by atomic mass is 32.1. The van der Waals surface area contributed by atoms with E-state index in [9.17, 15) is 0 Å². The van der Waals surface area contributed by atoms with Gasteiger partial charge >= 0.3 is 0 Å². The van der Waals surface area contributed by atoms with Crippen LogP contribution in [0.15, 0.2) is 54.0 Å². The Morgan fingerprint density at radius 1 is 1.05 bits per heavy atom. The van der Waals surface area contributed by atoms with E-state index in [1.54, 1.807) is 11.3 Å². The molecule has 2 aromatic heterocycles. The van der Waals surface area contributed by atoms with Gasteiger partial charge in [-0.1, -0.05) is 41.6 Å². The maximum atomic E-state index is 4.19. The molecular formula is C15H16N4S. The number of nitrogens with zero attached hydrogens (tertiary/aromatic N) is 3. The second-order valence-corrected chi connectivity index (χ2v) is 5.61. The van der Waals surface area contributed by atoms with E-state index >= 15 is 0 Å². The van der Waals surface area contributed by atoms with Crippen molar-refractivity contribution in [1.82, 2.24) is 20.3 Å². The van der Waals surface area contributed by atoms with Gasteiger partial charge in [-0.25, -0.2) is 4.68 Å². The summed E-state index contributed by atoms with van der Waals surface area (Å²) in [7, 11) is 0. The van der Waals surface area contributed by atoms with Gasteiger partial charge in [-0.2, -0.15) is 0 Å². The first-order valence-corrected chi connectivity index (χ1v) is 7.44. The SMILES string of the molecule is c1ccc(Cn2cc(CNCc3cccs3)nn2)cc1. The molecule has 1 aromatic carbocycles. The van der Waals surface area contributed by atoms with Crippen LogP contribution < -0.4 is 5.32 Å². The zero-order valence-electron chi connectivity index (χ0n) is 11.1. The molecule has 3 aromatic rings. The van der Waals surface area contributed by atoms with Crippen molar-refractivity contribution in [3.8, 4) is 0 Å². The molecule has 0 saturated carbocycles. The lowest BCUT2D eigenvalue weighted by Gasteiger charge is -2.00. The predicted octanol–water partition coefficient (Wildman–Crippen LogP) is 2.68. The molecular weight excluding hydrogens is 268 g/mol. The molecule has 0 radical (unpaired) electrons. The minimum atomic E-state index is 0.743. The second kappa shape index (κ2) is 6.45. The van der Waals surface area contributed by atoms with Gasteiger partial charge in [-0.3, -0.25) is 0 Å². The summed E-state index contributed by atoms with van der Waals surface area (Å²) >= 11 is 1.76. The Hall–Kier alpha value is -1.98. The maximum absolute atomic E-state index is 4.19. The van der Waals surface area contributed by atoms with E-state index in [2.05, 4.69) is 45.3 Å². The van der Waals surface area contributed by atoms with Crippen LogP contribution in [0.5, 0.6) is 0 Å². The molecule has 20 heavy (non-hydrogen) atoms. The Balaban J connectivity index is 1.52. The molecule has 0 bridgehead atoms. The van der Waals surface area contributed by atoms with Gasteiger partial charge in [-0.15, -0.1) is 16.4 Å². The number of hydrogen-bond donors (Lipinski definition) is 1. The Morgan fingerprint density at radius 3 is 2.75 bits per heavy atom. The van der Waals surface area contributed by atoms with Gasteiger partial charge in [0.15, 0.2) is 0 Å². The normalized spacial score (nSPS) is 10.8. The first-order chi connectivity index (χ1) is 9.90. The molecule has 0 aliphatic carbocycles. The fourth-order valence-corrected chi connectivity index (χ4v) is 2.67. The van der Waals surface area contributed by atoms with Crippen LogP contribution >= 0.6 is 11.3 Å². The van der Waals surface area contributed by atoms with Crippen molar-refractivity contribution in [1.29, 1.82) is 0 Å². The average molecular weight is 284 g/mol. The zero-order valence-corrected chi connectivity index (χ0v) is 11.9. The van der Waals surface area contributed by atoms with Crippen molar-refractivity contribution in [2.24, 2.45) is 0 Å². The number of nitrogens with one attached hydrogen (secondary N) is 1. The van der Waals surface area contributed by atoms with E-state index in [-0.39, 0.29) is 0 Å². The summed E-state index contributed by atoms with van der Waals surface area (Å²) < 4.78 is 1.87. The first-order valence-electron chi connectivity index (χ1n) is 6.56. The van der Waals surface area contributed by atoms with Crippen molar-refractivity contribution in [2.75, 3.05) is 0 Å².